The lowest BCUT2D eigenvalue weighted by molar-refractivity contribution is -0.384. The fourth-order valence-electron chi connectivity index (χ4n) is 1.60. The van der Waals surface area contributed by atoms with E-state index in [0.717, 1.165) is 6.54 Å². The molecule has 0 spiro atoms. The lowest BCUT2D eigenvalue weighted by Crippen LogP contribution is -2.19. The Hall–Kier alpha value is -1.69. The molecule has 0 unspecified atom stereocenters. The van der Waals surface area contributed by atoms with Gasteiger partial charge in [-0.05, 0) is 18.5 Å². The van der Waals surface area contributed by atoms with E-state index in [1.807, 2.05) is 0 Å². The summed E-state index contributed by atoms with van der Waals surface area (Å²) in [6.45, 7) is 4.76. The number of ether oxygens (including phenoxy) is 1. The number of rotatable bonds is 8. The molecule has 0 aromatic heterocycles. The molecule has 0 bridgehead atoms. The van der Waals surface area contributed by atoms with Gasteiger partial charge in [-0.25, -0.2) is 4.39 Å². The van der Waals surface area contributed by atoms with Crippen molar-refractivity contribution < 1.29 is 14.1 Å². The van der Waals surface area contributed by atoms with Crippen molar-refractivity contribution in [2.45, 2.75) is 20.4 Å². The van der Waals surface area contributed by atoms with Crippen LogP contribution in [0.1, 0.15) is 19.4 Å². The van der Waals surface area contributed by atoms with Gasteiger partial charge in [0, 0.05) is 24.2 Å². The third-order valence-electron chi connectivity index (χ3n) is 2.46. The molecular formula is C13H19FN2O3. The van der Waals surface area contributed by atoms with Gasteiger partial charge in [0.1, 0.15) is 19.0 Å². The molecule has 0 aliphatic heterocycles. The van der Waals surface area contributed by atoms with Crippen LogP contribution in [0.4, 0.5) is 10.1 Å². The van der Waals surface area contributed by atoms with Crippen molar-refractivity contribution in [1.82, 2.24) is 5.32 Å². The third-order valence-corrected chi connectivity index (χ3v) is 2.46. The highest BCUT2D eigenvalue weighted by Crippen LogP contribution is 2.24. The Bertz CT molecular complexity index is 424. The third kappa shape index (κ3) is 5.21. The van der Waals surface area contributed by atoms with Gasteiger partial charge in [0.25, 0.3) is 5.69 Å². The Morgan fingerprint density at radius 1 is 1.47 bits per heavy atom. The van der Waals surface area contributed by atoms with Crippen LogP contribution in [0.2, 0.25) is 0 Å². The summed E-state index contributed by atoms with van der Waals surface area (Å²) >= 11 is 0. The van der Waals surface area contributed by atoms with E-state index in [2.05, 4.69) is 19.2 Å². The first-order valence-corrected chi connectivity index (χ1v) is 6.21. The lowest BCUT2D eigenvalue weighted by atomic mass is 10.1. The minimum absolute atomic E-state index is 0.00828. The first kappa shape index (κ1) is 15.4. The molecule has 106 valence electrons. The van der Waals surface area contributed by atoms with Crippen molar-refractivity contribution in [2.24, 2.45) is 5.92 Å². The number of hydrogen-bond acceptors (Lipinski definition) is 4. The first-order chi connectivity index (χ1) is 9.04. The van der Waals surface area contributed by atoms with Gasteiger partial charge in [-0.2, -0.15) is 0 Å². The number of nitro benzene ring substituents is 1. The van der Waals surface area contributed by atoms with Gasteiger partial charge < -0.3 is 10.1 Å². The van der Waals surface area contributed by atoms with Gasteiger partial charge in [-0.15, -0.1) is 0 Å². The van der Waals surface area contributed by atoms with Gasteiger partial charge in [0.15, 0.2) is 0 Å². The zero-order valence-corrected chi connectivity index (χ0v) is 11.2. The summed E-state index contributed by atoms with van der Waals surface area (Å²) in [5.41, 5.74) is 0.678. The fourth-order valence-corrected chi connectivity index (χ4v) is 1.60. The number of non-ortho nitro benzene ring substituents is 1. The van der Waals surface area contributed by atoms with E-state index in [1.165, 1.54) is 18.2 Å². The number of nitro groups is 1. The Labute approximate surface area is 111 Å². The molecule has 1 rings (SSSR count). The van der Waals surface area contributed by atoms with Crippen LogP contribution in [0.5, 0.6) is 5.75 Å². The van der Waals surface area contributed by atoms with Crippen molar-refractivity contribution in [3.63, 3.8) is 0 Å². The molecule has 0 atom stereocenters. The molecule has 1 aromatic carbocycles. The molecule has 1 aromatic rings. The van der Waals surface area contributed by atoms with Gasteiger partial charge in [0.05, 0.1) is 4.92 Å². The van der Waals surface area contributed by atoms with E-state index in [9.17, 15) is 14.5 Å². The first-order valence-electron chi connectivity index (χ1n) is 6.21. The van der Waals surface area contributed by atoms with Crippen LogP contribution in [0.3, 0.4) is 0 Å². The Balaban J connectivity index is 2.81. The van der Waals surface area contributed by atoms with Crippen molar-refractivity contribution >= 4 is 5.69 Å². The number of benzene rings is 1. The van der Waals surface area contributed by atoms with E-state index in [0.29, 0.717) is 23.8 Å². The molecule has 0 aliphatic carbocycles. The zero-order chi connectivity index (χ0) is 14.3. The predicted molar refractivity (Wildman–Crippen MR) is 71.1 cm³/mol. The van der Waals surface area contributed by atoms with Crippen LogP contribution >= 0.6 is 0 Å². The summed E-state index contributed by atoms with van der Waals surface area (Å²) in [6, 6.07) is 4.33. The number of nitrogens with one attached hydrogen (secondary N) is 1. The molecule has 0 amide bonds. The van der Waals surface area contributed by atoms with E-state index in [4.69, 9.17) is 4.74 Å². The number of alkyl halides is 1. The Morgan fingerprint density at radius 3 is 2.79 bits per heavy atom. The molecule has 5 nitrogen and oxygen atoms in total. The van der Waals surface area contributed by atoms with Crippen molar-refractivity contribution in [3.8, 4) is 5.75 Å². The van der Waals surface area contributed by atoms with Crippen LogP contribution in [0.15, 0.2) is 18.2 Å². The van der Waals surface area contributed by atoms with Gasteiger partial charge >= 0.3 is 0 Å². The zero-order valence-electron chi connectivity index (χ0n) is 11.2. The molecule has 1 N–H and O–H groups in total. The Kier molecular flexibility index (Phi) is 6.21. The highest BCUT2D eigenvalue weighted by atomic mass is 19.1. The van der Waals surface area contributed by atoms with Crippen LogP contribution in [-0.2, 0) is 6.54 Å². The summed E-state index contributed by atoms with van der Waals surface area (Å²) in [5, 5.41) is 13.9. The van der Waals surface area contributed by atoms with Crippen LogP contribution < -0.4 is 10.1 Å². The van der Waals surface area contributed by atoms with Gasteiger partial charge in [-0.3, -0.25) is 10.1 Å². The van der Waals surface area contributed by atoms with E-state index in [1.54, 1.807) is 0 Å². The maximum absolute atomic E-state index is 12.1. The SMILES string of the molecule is CC(C)CNCc1cc([N+](=O)[O-])ccc1OCCF. The quantitative estimate of drug-likeness (QED) is 0.582. The summed E-state index contributed by atoms with van der Waals surface area (Å²) < 4.78 is 17.4. The van der Waals surface area contributed by atoms with Crippen LogP contribution in [-0.4, -0.2) is 24.7 Å². The lowest BCUT2D eigenvalue weighted by Gasteiger charge is -2.12. The van der Waals surface area contributed by atoms with E-state index >= 15 is 0 Å². The largest absolute Gasteiger partial charge is 0.491 e. The number of nitrogens with zero attached hydrogens (tertiary/aromatic N) is 1. The molecule has 0 aliphatic rings. The normalized spacial score (nSPS) is 10.7. The summed E-state index contributed by atoms with van der Waals surface area (Å²) in [7, 11) is 0. The highest BCUT2D eigenvalue weighted by Gasteiger charge is 2.11. The smallest absolute Gasteiger partial charge is 0.270 e. The molecule has 0 fully saturated rings. The van der Waals surface area contributed by atoms with Crippen molar-refractivity contribution in [2.75, 3.05) is 19.8 Å². The van der Waals surface area contributed by atoms with Crippen LogP contribution in [0, 0.1) is 16.0 Å². The molecule has 0 radical (unpaired) electrons. The summed E-state index contributed by atoms with van der Waals surface area (Å²) in [6.07, 6.45) is 0. The average Bonchev–Trinajstić information content (AvgIpc) is 2.36. The molecule has 19 heavy (non-hydrogen) atoms. The summed E-state index contributed by atoms with van der Waals surface area (Å²) in [4.78, 5) is 10.3. The second kappa shape index (κ2) is 7.68. The van der Waals surface area contributed by atoms with Crippen molar-refractivity contribution in [1.29, 1.82) is 0 Å². The average molecular weight is 270 g/mol. The fraction of sp³-hybridized carbons (Fsp3) is 0.538. The monoisotopic (exact) mass is 270 g/mol. The maximum Gasteiger partial charge on any atom is 0.270 e. The van der Waals surface area contributed by atoms with Crippen LogP contribution in [0.25, 0.3) is 0 Å². The molecular weight excluding hydrogens is 251 g/mol. The van der Waals surface area contributed by atoms with Gasteiger partial charge in [0.2, 0.25) is 0 Å². The summed E-state index contributed by atoms with van der Waals surface area (Å²) in [5.74, 6) is 0.966. The van der Waals surface area contributed by atoms with E-state index < -0.39 is 11.6 Å². The second-order valence-corrected chi connectivity index (χ2v) is 4.61. The minimum atomic E-state index is -0.587. The molecule has 0 saturated heterocycles. The molecule has 0 saturated carbocycles. The topological polar surface area (TPSA) is 64.4 Å². The van der Waals surface area contributed by atoms with E-state index in [-0.39, 0.29) is 12.3 Å². The Morgan fingerprint density at radius 2 is 2.21 bits per heavy atom. The number of hydrogen-bond donors (Lipinski definition) is 1. The van der Waals surface area contributed by atoms with Gasteiger partial charge in [-0.1, -0.05) is 13.8 Å². The molecule has 0 heterocycles. The standard InChI is InChI=1S/C13H19FN2O3/c1-10(2)8-15-9-11-7-12(16(17)18)3-4-13(11)19-6-5-14/h3-4,7,10,15H,5-6,8-9H2,1-2H3. The highest BCUT2D eigenvalue weighted by molar-refractivity contribution is 5.43. The maximum atomic E-state index is 12.1. The van der Waals surface area contributed by atoms with Crippen molar-refractivity contribution in [3.05, 3.63) is 33.9 Å². The molecule has 6 heteroatoms. The second-order valence-electron chi connectivity index (χ2n) is 4.61. The predicted octanol–water partition coefficient (Wildman–Crippen LogP) is 2.69. The number of halogens is 1. The minimum Gasteiger partial charge on any atom is -0.491 e.